The Bertz CT molecular complexity index is 828. The van der Waals surface area contributed by atoms with Crippen LogP contribution in [0.2, 0.25) is 0 Å². The number of halogens is 2. The normalized spacial score (nSPS) is 17.2. The zero-order valence-corrected chi connectivity index (χ0v) is 16.6. The van der Waals surface area contributed by atoms with Gasteiger partial charge in [0.05, 0.1) is 6.54 Å². The minimum absolute atomic E-state index is 0. The van der Waals surface area contributed by atoms with Crippen molar-refractivity contribution in [3.8, 4) is 0 Å². The van der Waals surface area contributed by atoms with Crippen LogP contribution in [0, 0.1) is 11.6 Å². The van der Waals surface area contributed by atoms with E-state index in [0.717, 1.165) is 25.5 Å². The molecule has 152 valence electrons. The van der Waals surface area contributed by atoms with Crippen molar-refractivity contribution in [2.75, 3.05) is 19.6 Å². The van der Waals surface area contributed by atoms with Crippen LogP contribution in [-0.4, -0.2) is 30.4 Å². The Balaban J connectivity index is 0.00000300. The monoisotopic (exact) mass is 388 g/mol. The highest BCUT2D eigenvalue weighted by molar-refractivity contribution is 5.78. The second-order valence-corrected chi connectivity index (χ2v) is 7.84. The van der Waals surface area contributed by atoms with Crippen molar-refractivity contribution in [3.63, 3.8) is 0 Å². The summed E-state index contributed by atoms with van der Waals surface area (Å²) in [5.41, 5.74) is 2.98. The molecular weight excluding hydrogens is 358 g/mol. The average molecular weight is 389 g/mol. The number of carbonyl (C=O) groups is 1. The van der Waals surface area contributed by atoms with E-state index in [1.165, 1.54) is 23.3 Å². The zero-order valence-electron chi connectivity index (χ0n) is 16.6. The van der Waals surface area contributed by atoms with Crippen LogP contribution in [0.4, 0.5) is 8.78 Å². The first-order chi connectivity index (χ1) is 13.4. The highest BCUT2D eigenvalue weighted by Crippen LogP contribution is 2.29. The summed E-state index contributed by atoms with van der Waals surface area (Å²) in [7, 11) is 0. The average Bonchev–Trinajstić information content (AvgIpc) is 2.69. The van der Waals surface area contributed by atoms with E-state index in [9.17, 15) is 13.6 Å². The maximum atomic E-state index is 13.7. The summed E-state index contributed by atoms with van der Waals surface area (Å²) in [6.45, 7) is 6.19. The lowest BCUT2D eigenvalue weighted by molar-refractivity contribution is -0.131. The predicted octanol–water partition coefficient (Wildman–Crippen LogP) is 4.83. The van der Waals surface area contributed by atoms with Gasteiger partial charge in [0.25, 0.3) is 0 Å². The van der Waals surface area contributed by atoms with E-state index < -0.39 is 11.6 Å². The third-order valence-corrected chi connectivity index (χ3v) is 5.43. The van der Waals surface area contributed by atoms with Crippen molar-refractivity contribution in [1.82, 2.24) is 10.2 Å². The lowest BCUT2D eigenvalue weighted by Crippen LogP contribution is -2.43. The van der Waals surface area contributed by atoms with E-state index in [0.29, 0.717) is 23.9 Å². The molecular formula is C23H30F2N2O. The third-order valence-electron chi connectivity index (χ3n) is 5.43. The lowest BCUT2D eigenvalue weighted by atomic mass is 9.88. The van der Waals surface area contributed by atoms with Gasteiger partial charge in [-0.15, -0.1) is 0 Å². The highest BCUT2D eigenvalue weighted by Gasteiger charge is 2.24. The topological polar surface area (TPSA) is 32.3 Å². The SMILES string of the molecule is CC(C)c1cccc(C2CCCN(C(=O)CNCc3ccc(F)cc3F)C2)c1.[HH]. The molecule has 28 heavy (non-hydrogen) atoms. The number of hydrogen-bond acceptors (Lipinski definition) is 2. The van der Waals surface area contributed by atoms with Gasteiger partial charge in [-0.25, -0.2) is 8.78 Å². The van der Waals surface area contributed by atoms with Crippen LogP contribution < -0.4 is 5.32 Å². The Morgan fingerprint density at radius 3 is 2.82 bits per heavy atom. The lowest BCUT2D eigenvalue weighted by Gasteiger charge is -2.33. The summed E-state index contributed by atoms with van der Waals surface area (Å²) in [6, 6.07) is 12.2. The number of benzene rings is 2. The number of amides is 1. The largest absolute Gasteiger partial charge is 0.341 e. The maximum Gasteiger partial charge on any atom is 0.236 e. The van der Waals surface area contributed by atoms with E-state index in [1.54, 1.807) is 0 Å². The van der Waals surface area contributed by atoms with Crippen LogP contribution in [0.25, 0.3) is 0 Å². The molecule has 1 atom stereocenters. The molecule has 1 aliphatic heterocycles. The molecule has 0 aromatic heterocycles. The van der Waals surface area contributed by atoms with Gasteiger partial charge in [0.15, 0.2) is 0 Å². The van der Waals surface area contributed by atoms with Gasteiger partial charge in [-0.05, 0) is 36.0 Å². The van der Waals surface area contributed by atoms with Crippen molar-refractivity contribution in [2.45, 2.75) is 45.1 Å². The molecule has 1 heterocycles. The first kappa shape index (κ1) is 20.5. The van der Waals surface area contributed by atoms with Crippen LogP contribution in [0.15, 0.2) is 42.5 Å². The van der Waals surface area contributed by atoms with Gasteiger partial charge < -0.3 is 10.2 Å². The first-order valence-corrected chi connectivity index (χ1v) is 9.96. The number of nitrogens with zero attached hydrogens (tertiary/aromatic N) is 1. The molecule has 3 nitrogen and oxygen atoms in total. The molecule has 0 bridgehead atoms. The molecule has 2 aromatic rings. The zero-order chi connectivity index (χ0) is 20.1. The minimum Gasteiger partial charge on any atom is -0.341 e. The molecule has 0 radical (unpaired) electrons. The van der Waals surface area contributed by atoms with Crippen molar-refractivity contribution >= 4 is 5.91 Å². The molecule has 2 aromatic carbocycles. The van der Waals surface area contributed by atoms with Gasteiger partial charge in [-0.1, -0.05) is 44.2 Å². The molecule has 1 fully saturated rings. The van der Waals surface area contributed by atoms with Gasteiger partial charge in [-0.3, -0.25) is 4.79 Å². The number of likely N-dealkylation sites (tertiary alicyclic amines) is 1. The summed E-state index contributed by atoms with van der Waals surface area (Å²) in [5, 5.41) is 2.98. The third kappa shape index (κ3) is 5.16. The van der Waals surface area contributed by atoms with Crippen LogP contribution >= 0.6 is 0 Å². The van der Waals surface area contributed by atoms with Gasteiger partial charge >= 0.3 is 0 Å². The van der Waals surface area contributed by atoms with Crippen LogP contribution in [0.3, 0.4) is 0 Å². The van der Waals surface area contributed by atoms with Gasteiger partial charge in [0, 0.05) is 38.6 Å². The van der Waals surface area contributed by atoms with Gasteiger partial charge in [-0.2, -0.15) is 0 Å². The molecule has 0 spiro atoms. The summed E-state index contributed by atoms with van der Waals surface area (Å²) in [4.78, 5) is 14.5. The van der Waals surface area contributed by atoms with E-state index >= 15 is 0 Å². The second kappa shape index (κ2) is 9.28. The Labute approximate surface area is 167 Å². The Kier molecular flexibility index (Phi) is 6.79. The number of carbonyl (C=O) groups excluding carboxylic acids is 1. The molecule has 1 aliphatic rings. The fraction of sp³-hybridized carbons (Fsp3) is 0.435. The van der Waals surface area contributed by atoms with E-state index in [1.807, 2.05) is 4.90 Å². The summed E-state index contributed by atoms with van der Waals surface area (Å²) in [5.74, 6) is -0.336. The summed E-state index contributed by atoms with van der Waals surface area (Å²) < 4.78 is 26.6. The highest BCUT2D eigenvalue weighted by atomic mass is 19.1. The van der Waals surface area contributed by atoms with Gasteiger partial charge in [0.1, 0.15) is 11.6 Å². The maximum absolute atomic E-state index is 13.7. The summed E-state index contributed by atoms with van der Waals surface area (Å²) in [6.07, 6.45) is 2.06. The number of nitrogens with one attached hydrogen (secondary N) is 1. The predicted molar refractivity (Wildman–Crippen MR) is 109 cm³/mol. The molecule has 1 amide bonds. The van der Waals surface area contributed by atoms with E-state index in [-0.39, 0.29) is 20.4 Å². The Morgan fingerprint density at radius 1 is 1.25 bits per heavy atom. The Hall–Kier alpha value is -2.27. The van der Waals surface area contributed by atoms with Crippen LogP contribution in [-0.2, 0) is 11.3 Å². The molecule has 0 aliphatic carbocycles. The standard InChI is InChI=1S/C23H28F2N2O.H2/c1-16(2)17-5-3-6-18(11-17)20-7-4-10-27(15-20)23(28)14-26-13-19-8-9-21(24)12-22(19)25;/h3,5-6,8-9,11-12,16,20,26H,4,7,10,13-15H2,1-2H3;1H. The fourth-order valence-corrected chi connectivity index (χ4v) is 3.73. The van der Waals surface area contributed by atoms with Crippen molar-refractivity contribution in [1.29, 1.82) is 0 Å². The molecule has 1 saturated heterocycles. The molecule has 0 saturated carbocycles. The van der Waals surface area contributed by atoms with Crippen LogP contribution in [0.5, 0.6) is 0 Å². The summed E-state index contributed by atoms with van der Waals surface area (Å²) >= 11 is 0. The number of hydrogen-bond donors (Lipinski definition) is 1. The number of piperidine rings is 1. The Morgan fingerprint density at radius 2 is 2.07 bits per heavy atom. The molecule has 5 heteroatoms. The first-order valence-electron chi connectivity index (χ1n) is 9.96. The van der Waals surface area contributed by atoms with Crippen molar-refractivity contribution < 1.29 is 15.0 Å². The second-order valence-electron chi connectivity index (χ2n) is 7.84. The van der Waals surface area contributed by atoms with Crippen molar-refractivity contribution in [3.05, 3.63) is 70.8 Å². The quantitative estimate of drug-likeness (QED) is 0.769. The minimum atomic E-state index is -0.599. The van der Waals surface area contributed by atoms with E-state index in [4.69, 9.17) is 0 Å². The van der Waals surface area contributed by atoms with Gasteiger partial charge in [0.2, 0.25) is 5.91 Å². The molecule has 1 N–H and O–H groups in total. The van der Waals surface area contributed by atoms with Crippen LogP contribution in [0.1, 0.15) is 56.6 Å². The molecule has 1 unspecified atom stereocenters. The smallest absolute Gasteiger partial charge is 0.236 e. The number of rotatable bonds is 6. The fourth-order valence-electron chi connectivity index (χ4n) is 3.73. The van der Waals surface area contributed by atoms with Crippen molar-refractivity contribution in [2.24, 2.45) is 0 Å². The van der Waals surface area contributed by atoms with E-state index in [2.05, 4.69) is 43.4 Å². The molecule has 3 rings (SSSR count).